The van der Waals surface area contributed by atoms with Crippen LogP contribution in [0.1, 0.15) is 5.56 Å². The molecular weight excluding hydrogens is 284 g/mol. The molecule has 104 valence electrons. The van der Waals surface area contributed by atoms with Gasteiger partial charge in [-0.25, -0.2) is 9.97 Å². The minimum absolute atomic E-state index is 0.0813. The van der Waals surface area contributed by atoms with Crippen LogP contribution in [0.2, 0.25) is 5.15 Å². The van der Waals surface area contributed by atoms with Gasteiger partial charge < -0.3 is 10.1 Å². The molecule has 2 rings (SSSR count). The third kappa shape index (κ3) is 3.12. The molecule has 0 amide bonds. The standard InChI is InChI=1S/C12H11ClN4O3/c1-20-9-4-2-3-8(5-9)6-14-12-10(17(18)19)11(13)15-7-16-12/h2-5,7H,6H2,1H3,(H,14,15,16). The van der Waals surface area contributed by atoms with E-state index in [4.69, 9.17) is 16.3 Å². The molecule has 0 unspecified atom stereocenters. The van der Waals surface area contributed by atoms with Crippen molar-refractivity contribution in [2.45, 2.75) is 6.54 Å². The number of methoxy groups -OCH3 is 1. The van der Waals surface area contributed by atoms with Gasteiger partial charge in [0.15, 0.2) is 0 Å². The number of hydrogen-bond acceptors (Lipinski definition) is 6. The number of nitrogens with zero attached hydrogens (tertiary/aromatic N) is 3. The maximum Gasteiger partial charge on any atom is 0.348 e. The van der Waals surface area contributed by atoms with Crippen LogP contribution in [0.3, 0.4) is 0 Å². The van der Waals surface area contributed by atoms with Crippen LogP contribution < -0.4 is 10.1 Å². The van der Waals surface area contributed by atoms with Gasteiger partial charge in [0.2, 0.25) is 11.0 Å². The Bertz CT molecular complexity index is 636. The van der Waals surface area contributed by atoms with Gasteiger partial charge in [-0.3, -0.25) is 10.1 Å². The van der Waals surface area contributed by atoms with E-state index in [1.165, 1.54) is 6.33 Å². The summed E-state index contributed by atoms with van der Waals surface area (Å²) in [5, 5.41) is 13.6. The summed E-state index contributed by atoms with van der Waals surface area (Å²) in [6.45, 7) is 0.353. The van der Waals surface area contributed by atoms with E-state index in [0.717, 1.165) is 5.56 Å². The van der Waals surface area contributed by atoms with Gasteiger partial charge >= 0.3 is 5.69 Å². The second kappa shape index (κ2) is 6.16. The van der Waals surface area contributed by atoms with Gasteiger partial charge in [0.25, 0.3) is 0 Å². The molecule has 0 saturated carbocycles. The zero-order valence-corrected chi connectivity index (χ0v) is 11.3. The van der Waals surface area contributed by atoms with E-state index >= 15 is 0 Å². The summed E-state index contributed by atoms with van der Waals surface area (Å²) in [7, 11) is 1.57. The first-order chi connectivity index (χ1) is 9.61. The van der Waals surface area contributed by atoms with Crippen molar-refractivity contribution in [2.24, 2.45) is 0 Å². The van der Waals surface area contributed by atoms with Gasteiger partial charge in [0.05, 0.1) is 12.0 Å². The fourth-order valence-corrected chi connectivity index (χ4v) is 1.82. The van der Waals surface area contributed by atoms with Crippen molar-refractivity contribution in [3.8, 4) is 5.75 Å². The summed E-state index contributed by atoms with van der Waals surface area (Å²) in [5.74, 6) is 0.789. The minimum Gasteiger partial charge on any atom is -0.497 e. The number of anilines is 1. The molecule has 7 nitrogen and oxygen atoms in total. The lowest BCUT2D eigenvalue weighted by Crippen LogP contribution is -2.06. The molecule has 0 saturated heterocycles. The molecule has 1 aromatic carbocycles. The van der Waals surface area contributed by atoms with E-state index in [1.807, 2.05) is 24.3 Å². The molecule has 0 aliphatic rings. The van der Waals surface area contributed by atoms with Crippen molar-refractivity contribution in [3.05, 3.63) is 51.4 Å². The Morgan fingerprint density at radius 3 is 2.95 bits per heavy atom. The summed E-state index contributed by atoms with van der Waals surface area (Å²) in [4.78, 5) is 17.8. The van der Waals surface area contributed by atoms with Crippen molar-refractivity contribution < 1.29 is 9.66 Å². The summed E-state index contributed by atoms with van der Waals surface area (Å²) >= 11 is 5.70. The number of halogens is 1. The molecule has 0 spiro atoms. The number of rotatable bonds is 5. The average Bonchev–Trinajstić information content (AvgIpc) is 2.45. The maximum absolute atomic E-state index is 10.9. The third-order valence-corrected chi connectivity index (χ3v) is 2.83. The highest BCUT2D eigenvalue weighted by molar-refractivity contribution is 6.31. The molecule has 0 aliphatic carbocycles. The first kappa shape index (κ1) is 14.0. The van der Waals surface area contributed by atoms with Crippen LogP contribution in [0, 0.1) is 10.1 Å². The molecule has 0 bridgehead atoms. The van der Waals surface area contributed by atoms with Crippen LogP contribution >= 0.6 is 11.6 Å². The van der Waals surface area contributed by atoms with Crippen molar-refractivity contribution in [1.29, 1.82) is 0 Å². The van der Waals surface area contributed by atoms with Crippen LogP contribution in [0.15, 0.2) is 30.6 Å². The molecular formula is C12H11ClN4O3. The maximum atomic E-state index is 10.9. The van der Waals surface area contributed by atoms with Gasteiger partial charge in [-0.2, -0.15) is 0 Å². The van der Waals surface area contributed by atoms with Crippen LogP contribution in [0.25, 0.3) is 0 Å². The van der Waals surface area contributed by atoms with Gasteiger partial charge in [-0.05, 0) is 17.7 Å². The van der Waals surface area contributed by atoms with E-state index in [-0.39, 0.29) is 16.7 Å². The Hall–Kier alpha value is -2.41. The topological polar surface area (TPSA) is 90.2 Å². The number of aromatic nitrogens is 2. The predicted molar refractivity (Wildman–Crippen MR) is 74.0 cm³/mol. The average molecular weight is 295 g/mol. The molecule has 1 N–H and O–H groups in total. The smallest absolute Gasteiger partial charge is 0.348 e. The highest BCUT2D eigenvalue weighted by atomic mass is 35.5. The number of nitrogens with one attached hydrogen (secondary N) is 1. The fourth-order valence-electron chi connectivity index (χ4n) is 1.62. The summed E-state index contributed by atoms with van der Waals surface area (Å²) < 4.78 is 5.11. The largest absolute Gasteiger partial charge is 0.497 e. The van der Waals surface area contributed by atoms with Gasteiger partial charge in [0, 0.05) is 6.54 Å². The molecule has 0 fully saturated rings. The highest BCUT2D eigenvalue weighted by Crippen LogP contribution is 2.28. The zero-order chi connectivity index (χ0) is 14.5. The molecule has 20 heavy (non-hydrogen) atoms. The van der Waals surface area contributed by atoms with E-state index in [0.29, 0.717) is 12.3 Å². The molecule has 1 aromatic heterocycles. The Morgan fingerprint density at radius 2 is 2.25 bits per heavy atom. The normalized spacial score (nSPS) is 10.1. The second-order valence-electron chi connectivity index (χ2n) is 3.82. The second-order valence-corrected chi connectivity index (χ2v) is 4.18. The quantitative estimate of drug-likeness (QED) is 0.518. The first-order valence-electron chi connectivity index (χ1n) is 5.63. The molecule has 0 radical (unpaired) electrons. The fraction of sp³-hybridized carbons (Fsp3) is 0.167. The van der Waals surface area contributed by atoms with Crippen LogP contribution in [0.5, 0.6) is 5.75 Å². The molecule has 8 heteroatoms. The van der Waals surface area contributed by atoms with Crippen LogP contribution in [0.4, 0.5) is 11.5 Å². The van der Waals surface area contributed by atoms with E-state index in [1.54, 1.807) is 7.11 Å². The number of ether oxygens (including phenoxy) is 1. The first-order valence-corrected chi connectivity index (χ1v) is 6.01. The molecule has 0 atom stereocenters. The molecule has 1 heterocycles. The highest BCUT2D eigenvalue weighted by Gasteiger charge is 2.21. The Balaban J connectivity index is 2.18. The SMILES string of the molecule is COc1cccc(CNc2ncnc(Cl)c2[N+](=O)[O-])c1. The Kier molecular flexibility index (Phi) is 4.31. The van der Waals surface area contributed by atoms with Gasteiger partial charge in [-0.1, -0.05) is 23.7 Å². The van der Waals surface area contributed by atoms with E-state index in [9.17, 15) is 10.1 Å². The summed E-state index contributed by atoms with van der Waals surface area (Å²) in [5.41, 5.74) is 0.561. The van der Waals surface area contributed by atoms with Crippen molar-refractivity contribution in [3.63, 3.8) is 0 Å². The predicted octanol–water partition coefficient (Wildman–Crippen LogP) is 2.66. The Labute approximate surface area is 119 Å². The summed E-state index contributed by atoms with van der Waals surface area (Å²) in [6.07, 6.45) is 1.17. The van der Waals surface area contributed by atoms with Crippen molar-refractivity contribution in [2.75, 3.05) is 12.4 Å². The lowest BCUT2D eigenvalue weighted by atomic mass is 10.2. The number of hydrogen-bond donors (Lipinski definition) is 1. The lowest BCUT2D eigenvalue weighted by Gasteiger charge is -2.07. The molecule has 2 aromatic rings. The van der Waals surface area contributed by atoms with Gasteiger partial charge in [-0.15, -0.1) is 0 Å². The Morgan fingerprint density at radius 1 is 1.45 bits per heavy atom. The molecule has 0 aliphatic heterocycles. The van der Waals surface area contributed by atoms with Crippen LogP contribution in [-0.4, -0.2) is 22.0 Å². The van der Waals surface area contributed by atoms with Gasteiger partial charge in [0.1, 0.15) is 12.1 Å². The van der Waals surface area contributed by atoms with Crippen molar-refractivity contribution >= 4 is 23.1 Å². The van der Waals surface area contributed by atoms with E-state index < -0.39 is 4.92 Å². The van der Waals surface area contributed by atoms with E-state index in [2.05, 4.69) is 15.3 Å². The minimum atomic E-state index is -0.615. The number of benzene rings is 1. The van der Waals surface area contributed by atoms with Crippen LogP contribution in [-0.2, 0) is 6.54 Å². The lowest BCUT2D eigenvalue weighted by molar-refractivity contribution is -0.384. The zero-order valence-electron chi connectivity index (χ0n) is 10.5. The number of nitro groups is 1. The monoisotopic (exact) mass is 294 g/mol. The third-order valence-electron chi connectivity index (χ3n) is 2.55. The van der Waals surface area contributed by atoms with Crippen molar-refractivity contribution in [1.82, 2.24) is 9.97 Å². The summed E-state index contributed by atoms with van der Waals surface area (Å²) in [6, 6.07) is 7.33.